The summed E-state index contributed by atoms with van der Waals surface area (Å²) in [5.74, 6) is -0.168. The van der Waals surface area contributed by atoms with E-state index in [-0.39, 0.29) is 22.5 Å². The third kappa shape index (κ3) is 3.19. The lowest BCUT2D eigenvalue weighted by Gasteiger charge is -2.06. The van der Waals surface area contributed by atoms with Crippen molar-refractivity contribution in [1.82, 2.24) is 20.4 Å². The molecule has 2 heterocycles. The summed E-state index contributed by atoms with van der Waals surface area (Å²) in [7, 11) is 0. The Morgan fingerprint density at radius 2 is 2.04 bits per heavy atom. The Morgan fingerprint density at radius 3 is 2.74 bits per heavy atom. The predicted octanol–water partition coefficient (Wildman–Crippen LogP) is 3.65. The van der Waals surface area contributed by atoms with Crippen LogP contribution in [-0.4, -0.2) is 26.2 Å². The quantitative estimate of drug-likeness (QED) is 0.582. The molecule has 0 saturated carbocycles. The van der Waals surface area contributed by atoms with Gasteiger partial charge in [-0.25, -0.2) is 9.37 Å². The van der Waals surface area contributed by atoms with Crippen molar-refractivity contribution in [2.45, 2.75) is 6.92 Å². The van der Waals surface area contributed by atoms with Gasteiger partial charge in [-0.3, -0.25) is 9.89 Å². The molecule has 8 heteroatoms. The van der Waals surface area contributed by atoms with Gasteiger partial charge in [0, 0.05) is 12.5 Å². The zero-order chi connectivity index (χ0) is 16.4. The van der Waals surface area contributed by atoms with E-state index >= 15 is 0 Å². The van der Waals surface area contributed by atoms with Crippen molar-refractivity contribution in [3.63, 3.8) is 0 Å². The summed E-state index contributed by atoms with van der Waals surface area (Å²) < 4.78 is 18.8. The maximum Gasteiger partial charge on any atom is 0.269 e. The van der Waals surface area contributed by atoms with Gasteiger partial charge in [-0.2, -0.15) is 0 Å². The van der Waals surface area contributed by atoms with Crippen LogP contribution in [0, 0.1) is 5.82 Å². The minimum atomic E-state index is -0.474. The topological polar surface area (TPSA) is 80.8 Å². The Labute approximate surface area is 135 Å². The molecule has 0 spiro atoms. The molecule has 0 unspecified atom stereocenters. The number of nitrogens with zero attached hydrogens (tertiary/aromatic N) is 3. The van der Waals surface area contributed by atoms with Crippen molar-refractivity contribution in [3.05, 3.63) is 53.2 Å². The molecular weight excluding hydrogens is 323 g/mol. The zero-order valence-corrected chi connectivity index (χ0v) is 12.6. The van der Waals surface area contributed by atoms with Crippen LogP contribution in [0.25, 0.3) is 11.1 Å². The number of hydrogen-bond donors (Lipinski definition) is 1. The van der Waals surface area contributed by atoms with Gasteiger partial charge in [0.25, 0.3) is 5.88 Å². The number of benzene rings is 1. The van der Waals surface area contributed by atoms with E-state index in [2.05, 4.69) is 20.4 Å². The van der Waals surface area contributed by atoms with E-state index < -0.39 is 5.82 Å². The number of ketones is 1. The first kappa shape index (κ1) is 15.1. The van der Waals surface area contributed by atoms with Crippen molar-refractivity contribution in [3.8, 4) is 22.8 Å². The van der Waals surface area contributed by atoms with Crippen LogP contribution in [0.2, 0.25) is 5.15 Å². The van der Waals surface area contributed by atoms with Gasteiger partial charge in [-0.1, -0.05) is 34.0 Å². The molecule has 0 bridgehead atoms. The van der Waals surface area contributed by atoms with E-state index in [4.69, 9.17) is 16.3 Å². The SMILES string of the molecule is CC(=O)c1[nH]nnc1Oc1ccc(-c2cc(F)cnc2Cl)cc1. The highest BCUT2D eigenvalue weighted by molar-refractivity contribution is 6.32. The van der Waals surface area contributed by atoms with Gasteiger partial charge in [-0.15, -0.1) is 0 Å². The molecule has 1 aromatic carbocycles. The fourth-order valence-electron chi connectivity index (χ4n) is 1.96. The first-order chi connectivity index (χ1) is 11.0. The standard InChI is InChI=1S/C15H10ClFN4O2/c1-8(22)13-15(20-21-19-13)23-11-4-2-9(3-5-11)12-6-10(17)7-18-14(12)16/h2-7H,1H3,(H,19,20,21). The largest absolute Gasteiger partial charge is 0.436 e. The number of carbonyl (C=O) groups is 1. The molecule has 0 aliphatic rings. The van der Waals surface area contributed by atoms with Gasteiger partial charge in [0.15, 0.2) is 11.5 Å². The van der Waals surface area contributed by atoms with Crippen molar-refractivity contribution in [2.24, 2.45) is 0 Å². The van der Waals surface area contributed by atoms with Gasteiger partial charge in [0.2, 0.25) is 0 Å². The van der Waals surface area contributed by atoms with Crippen LogP contribution in [0.3, 0.4) is 0 Å². The minimum Gasteiger partial charge on any atom is -0.436 e. The third-order valence-electron chi connectivity index (χ3n) is 3.05. The number of nitrogens with one attached hydrogen (secondary N) is 1. The molecule has 116 valence electrons. The van der Waals surface area contributed by atoms with Crippen molar-refractivity contribution < 1.29 is 13.9 Å². The second kappa shape index (κ2) is 6.13. The van der Waals surface area contributed by atoms with Gasteiger partial charge in [0.05, 0.1) is 6.20 Å². The second-order valence-electron chi connectivity index (χ2n) is 4.67. The molecular formula is C15H10ClFN4O2. The number of Topliss-reactive ketones (excluding diaryl/α,β-unsaturated/α-hetero) is 1. The first-order valence-corrected chi connectivity index (χ1v) is 6.93. The van der Waals surface area contributed by atoms with Gasteiger partial charge < -0.3 is 4.74 Å². The minimum absolute atomic E-state index is 0.0932. The summed E-state index contributed by atoms with van der Waals surface area (Å²) >= 11 is 5.97. The van der Waals surface area contributed by atoms with E-state index in [1.165, 1.54) is 13.0 Å². The van der Waals surface area contributed by atoms with Crippen LogP contribution >= 0.6 is 11.6 Å². The van der Waals surface area contributed by atoms with Crippen LogP contribution in [-0.2, 0) is 0 Å². The summed E-state index contributed by atoms with van der Waals surface area (Å²) in [6, 6.07) is 8.00. The number of hydrogen-bond acceptors (Lipinski definition) is 5. The normalized spacial score (nSPS) is 10.6. The van der Waals surface area contributed by atoms with Crippen molar-refractivity contribution in [1.29, 1.82) is 0 Å². The van der Waals surface area contributed by atoms with Crippen LogP contribution in [0.1, 0.15) is 17.4 Å². The molecule has 3 aromatic rings. The number of aromatic amines is 1. The van der Waals surface area contributed by atoms with Crippen molar-refractivity contribution >= 4 is 17.4 Å². The molecule has 1 N–H and O–H groups in total. The van der Waals surface area contributed by atoms with E-state index in [1.54, 1.807) is 24.3 Å². The third-order valence-corrected chi connectivity index (χ3v) is 3.36. The fraction of sp³-hybridized carbons (Fsp3) is 0.0667. The Kier molecular flexibility index (Phi) is 4.03. The molecule has 0 aliphatic carbocycles. The number of halogens is 2. The molecule has 0 amide bonds. The number of aromatic nitrogens is 4. The van der Waals surface area contributed by atoms with E-state index in [9.17, 15) is 9.18 Å². The Bertz CT molecular complexity index is 864. The van der Waals surface area contributed by atoms with Crippen LogP contribution in [0.4, 0.5) is 4.39 Å². The van der Waals surface area contributed by atoms with E-state index in [0.29, 0.717) is 16.9 Å². The lowest BCUT2D eigenvalue weighted by Crippen LogP contribution is -1.96. The molecule has 2 aromatic heterocycles. The van der Waals surface area contributed by atoms with Gasteiger partial charge in [-0.05, 0) is 23.8 Å². The lowest BCUT2D eigenvalue weighted by atomic mass is 10.1. The molecule has 0 radical (unpaired) electrons. The summed E-state index contributed by atoms with van der Waals surface area (Å²) in [4.78, 5) is 15.1. The molecule has 0 fully saturated rings. The maximum absolute atomic E-state index is 13.3. The van der Waals surface area contributed by atoms with Crippen LogP contribution < -0.4 is 4.74 Å². The molecule has 23 heavy (non-hydrogen) atoms. The average Bonchev–Trinajstić information content (AvgIpc) is 2.99. The monoisotopic (exact) mass is 332 g/mol. The van der Waals surface area contributed by atoms with Gasteiger partial charge >= 0.3 is 0 Å². The summed E-state index contributed by atoms with van der Waals surface area (Å²) in [6.45, 7) is 1.38. The highest BCUT2D eigenvalue weighted by atomic mass is 35.5. The highest BCUT2D eigenvalue weighted by Crippen LogP contribution is 2.29. The summed E-state index contributed by atoms with van der Waals surface area (Å²) in [5.41, 5.74) is 1.34. The smallest absolute Gasteiger partial charge is 0.269 e. The van der Waals surface area contributed by atoms with E-state index in [1.807, 2.05) is 0 Å². The highest BCUT2D eigenvalue weighted by Gasteiger charge is 2.14. The number of carbonyl (C=O) groups excluding carboxylic acids is 1. The molecule has 3 rings (SSSR count). The summed E-state index contributed by atoms with van der Waals surface area (Å²) in [5, 5.41) is 9.92. The predicted molar refractivity (Wildman–Crippen MR) is 81.1 cm³/mol. The Morgan fingerprint density at radius 1 is 1.30 bits per heavy atom. The number of rotatable bonds is 4. The lowest BCUT2D eigenvalue weighted by molar-refractivity contribution is 0.101. The average molecular weight is 333 g/mol. The van der Waals surface area contributed by atoms with Crippen LogP contribution in [0.15, 0.2) is 36.5 Å². The molecule has 0 atom stereocenters. The zero-order valence-electron chi connectivity index (χ0n) is 11.9. The van der Waals surface area contributed by atoms with Gasteiger partial charge in [0.1, 0.15) is 16.7 Å². The number of pyridine rings is 1. The van der Waals surface area contributed by atoms with E-state index in [0.717, 1.165) is 6.20 Å². The fourth-order valence-corrected chi connectivity index (χ4v) is 2.17. The maximum atomic E-state index is 13.3. The molecule has 0 saturated heterocycles. The second-order valence-corrected chi connectivity index (χ2v) is 5.02. The number of H-pyrrole nitrogens is 1. The molecule has 0 aliphatic heterocycles. The van der Waals surface area contributed by atoms with Crippen LogP contribution in [0.5, 0.6) is 11.6 Å². The van der Waals surface area contributed by atoms with Crippen molar-refractivity contribution in [2.75, 3.05) is 0 Å². The first-order valence-electron chi connectivity index (χ1n) is 6.56. The summed E-state index contributed by atoms with van der Waals surface area (Å²) in [6.07, 6.45) is 1.05. The molecule has 6 nitrogen and oxygen atoms in total. The Hall–Kier alpha value is -2.80. The Balaban J connectivity index is 1.86. The number of ether oxygens (including phenoxy) is 1.